The Hall–Kier alpha value is -3.68. The smallest absolute Gasteiger partial charge is 0.240 e. The summed E-state index contributed by atoms with van der Waals surface area (Å²) in [5.74, 6) is -0.124. The first-order chi connectivity index (χ1) is 19.5. The number of hydrazone groups is 2. The zero-order valence-electron chi connectivity index (χ0n) is 24.9. The van der Waals surface area contributed by atoms with Crippen LogP contribution in [0.4, 0.5) is 11.4 Å². The van der Waals surface area contributed by atoms with Crippen molar-refractivity contribution < 1.29 is 9.59 Å². The Morgan fingerprint density at radius 2 is 0.900 bits per heavy atom. The van der Waals surface area contributed by atoms with Gasteiger partial charge in [0.2, 0.25) is 11.8 Å². The van der Waals surface area contributed by atoms with E-state index in [0.717, 1.165) is 75.8 Å². The summed E-state index contributed by atoms with van der Waals surface area (Å²) in [5, 5.41) is 8.16. The standard InChI is InChI=1S/C32H48N6O2/c1-5-37(6-2)29-21-17-27(18-22-29)25-33-35-31(39)15-13-11-9-10-12-14-16-32(40)36-34-26-28-19-23-30(24-20-28)38(7-3)8-4/h17-26H,5-16H2,1-4H3,(H,35,39)(H,36,40). The number of nitrogens with one attached hydrogen (secondary N) is 2. The highest BCUT2D eigenvalue weighted by molar-refractivity contribution is 5.83. The lowest BCUT2D eigenvalue weighted by atomic mass is 10.1. The minimum absolute atomic E-state index is 0.0620. The third-order valence-corrected chi connectivity index (χ3v) is 6.91. The molecule has 0 aliphatic rings. The van der Waals surface area contributed by atoms with Crippen LogP contribution in [0.2, 0.25) is 0 Å². The van der Waals surface area contributed by atoms with Crippen LogP contribution >= 0.6 is 0 Å². The number of hydrogen-bond donors (Lipinski definition) is 2. The maximum absolute atomic E-state index is 12.0. The number of carbonyl (C=O) groups is 2. The fraction of sp³-hybridized carbons (Fsp3) is 0.500. The van der Waals surface area contributed by atoms with Crippen LogP contribution in [0.15, 0.2) is 58.7 Å². The van der Waals surface area contributed by atoms with Crippen LogP contribution in [-0.2, 0) is 9.59 Å². The Morgan fingerprint density at radius 3 is 1.23 bits per heavy atom. The summed E-state index contributed by atoms with van der Waals surface area (Å²) in [6.07, 6.45) is 10.1. The van der Waals surface area contributed by atoms with E-state index in [4.69, 9.17) is 0 Å². The number of benzene rings is 2. The molecule has 218 valence electrons. The molecule has 0 aromatic heterocycles. The van der Waals surface area contributed by atoms with Gasteiger partial charge in [-0.3, -0.25) is 9.59 Å². The third-order valence-electron chi connectivity index (χ3n) is 6.91. The molecule has 0 fully saturated rings. The molecule has 8 nitrogen and oxygen atoms in total. The predicted octanol–water partition coefficient (Wildman–Crippen LogP) is 6.10. The van der Waals surface area contributed by atoms with Crippen LogP contribution in [0.5, 0.6) is 0 Å². The van der Waals surface area contributed by atoms with Crippen molar-refractivity contribution in [3.05, 3.63) is 59.7 Å². The number of anilines is 2. The van der Waals surface area contributed by atoms with E-state index in [1.165, 1.54) is 11.4 Å². The molecule has 2 rings (SSSR count). The van der Waals surface area contributed by atoms with Crippen molar-refractivity contribution in [2.24, 2.45) is 10.2 Å². The second-order valence-corrected chi connectivity index (χ2v) is 9.74. The normalized spacial score (nSPS) is 11.2. The maximum Gasteiger partial charge on any atom is 0.240 e. The summed E-state index contributed by atoms with van der Waals surface area (Å²) >= 11 is 0. The molecule has 0 aliphatic heterocycles. The zero-order chi connectivity index (χ0) is 29.0. The van der Waals surface area contributed by atoms with Crippen LogP contribution in [0.1, 0.15) is 90.2 Å². The van der Waals surface area contributed by atoms with Crippen LogP contribution in [0.3, 0.4) is 0 Å². The van der Waals surface area contributed by atoms with E-state index in [-0.39, 0.29) is 11.8 Å². The third kappa shape index (κ3) is 12.5. The molecule has 0 bridgehead atoms. The average molecular weight is 549 g/mol. The molecule has 0 unspecified atom stereocenters. The molecule has 2 aromatic rings. The summed E-state index contributed by atoms with van der Waals surface area (Å²) in [4.78, 5) is 28.6. The number of hydrogen-bond acceptors (Lipinski definition) is 6. The summed E-state index contributed by atoms with van der Waals surface area (Å²) in [6, 6.07) is 16.3. The van der Waals surface area contributed by atoms with Crippen molar-refractivity contribution in [2.75, 3.05) is 36.0 Å². The van der Waals surface area contributed by atoms with Gasteiger partial charge in [-0.15, -0.1) is 0 Å². The molecular weight excluding hydrogens is 500 g/mol. The van der Waals surface area contributed by atoms with Gasteiger partial charge in [-0.2, -0.15) is 10.2 Å². The van der Waals surface area contributed by atoms with Crippen molar-refractivity contribution in [2.45, 2.75) is 79.1 Å². The lowest BCUT2D eigenvalue weighted by Gasteiger charge is -2.20. The molecule has 0 aliphatic carbocycles. The quantitative estimate of drug-likeness (QED) is 0.126. The van der Waals surface area contributed by atoms with E-state index >= 15 is 0 Å². The molecular formula is C32H48N6O2. The minimum atomic E-state index is -0.0620. The van der Waals surface area contributed by atoms with Gasteiger partial charge in [0, 0.05) is 50.4 Å². The SMILES string of the molecule is CCN(CC)c1ccc(C=NNC(=O)CCCCCCCCC(=O)NN=Cc2ccc(N(CC)CC)cc2)cc1. The molecule has 40 heavy (non-hydrogen) atoms. The molecule has 0 heterocycles. The van der Waals surface area contributed by atoms with Crippen molar-refractivity contribution in [1.82, 2.24) is 10.9 Å². The summed E-state index contributed by atoms with van der Waals surface area (Å²) in [6.45, 7) is 12.5. The van der Waals surface area contributed by atoms with Gasteiger partial charge in [0.05, 0.1) is 12.4 Å². The molecule has 2 N–H and O–H groups in total. The number of amides is 2. The van der Waals surface area contributed by atoms with Gasteiger partial charge in [-0.05, 0) is 75.9 Å². The molecule has 2 amide bonds. The molecule has 8 heteroatoms. The van der Waals surface area contributed by atoms with E-state index < -0.39 is 0 Å². The van der Waals surface area contributed by atoms with E-state index in [1.54, 1.807) is 12.4 Å². The van der Waals surface area contributed by atoms with Crippen LogP contribution in [0, 0.1) is 0 Å². The molecule has 0 saturated heterocycles. The highest BCUT2D eigenvalue weighted by atomic mass is 16.2. The number of carbonyl (C=O) groups excluding carboxylic acids is 2. The number of nitrogens with zero attached hydrogens (tertiary/aromatic N) is 4. The Morgan fingerprint density at radius 1 is 0.575 bits per heavy atom. The van der Waals surface area contributed by atoms with Gasteiger partial charge in [0.15, 0.2) is 0 Å². The van der Waals surface area contributed by atoms with E-state index in [2.05, 4.69) is 82.8 Å². The molecule has 0 spiro atoms. The van der Waals surface area contributed by atoms with Gasteiger partial charge < -0.3 is 9.80 Å². The van der Waals surface area contributed by atoms with E-state index in [0.29, 0.717) is 12.8 Å². The molecule has 0 radical (unpaired) electrons. The van der Waals surface area contributed by atoms with Crippen LogP contribution < -0.4 is 20.7 Å². The van der Waals surface area contributed by atoms with Crippen molar-refractivity contribution in [1.29, 1.82) is 0 Å². The minimum Gasteiger partial charge on any atom is -0.372 e. The van der Waals surface area contributed by atoms with Crippen molar-refractivity contribution >= 4 is 35.6 Å². The topological polar surface area (TPSA) is 89.4 Å². The number of rotatable bonds is 19. The van der Waals surface area contributed by atoms with Gasteiger partial charge in [0.1, 0.15) is 0 Å². The van der Waals surface area contributed by atoms with Crippen LogP contribution in [-0.4, -0.2) is 50.4 Å². The Labute approximate surface area is 240 Å². The Bertz CT molecular complexity index is 957. The van der Waals surface area contributed by atoms with E-state index in [1.807, 2.05) is 24.3 Å². The van der Waals surface area contributed by atoms with Gasteiger partial charge in [0.25, 0.3) is 0 Å². The highest BCUT2D eigenvalue weighted by Crippen LogP contribution is 2.15. The van der Waals surface area contributed by atoms with Crippen LogP contribution in [0.25, 0.3) is 0 Å². The second-order valence-electron chi connectivity index (χ2n) is 9.74. The zero-order valence-corrected chi connectivity index (χ0v) is 24.9. The monoisotopic (exact) mass is 548 g/mol. The first kappa shape index (κ1) is 32.5. The average Bonchev–Trinajstić information content (AvgIpc) is 2.97. The van der Waals surface area contributed by atoms with Gasteiger partial charge in [-0.25, -0.2) is 10.9 Å². The first-order valence-electron chi connectivity index (χ1n) is 14.8. The lowest BCUT2D eigenvalue weighted by molar-refractivity contribution is -0.122. The summed E-state index contributed by atoms with van der Waals surface area (Å²) in [7, 11) is 0. The Balaban J connectivity index is 1.49. The molecule has 2 aromatic carbocycles. The summed E-state index contributed by atoms with van der Waals surface area (Å²) < 4.78 is 0. The predicted molar refractivity (Wildman–Crippen MR) is 168 cm³/mol. The lowest BCUT2D eigenvalue weighted by Crippen LogP contribution is -2.21. The number of unbranched alkanes of at least 4 members (excludes halogenated alkanes) is 5. The largest absolute Gasteiger partial charge is 0.372 e. The van der Waals surface area contributed by atoms with E-state index in [9.17, 15) is 9.59 Å². The first-order valence-corrected chi connectivity index (χ1v) is 14.8. The van der Waals surface area contributed by atoms with Gasteiger partial charge in [-0.1, -0.05) is 49.9 Å². The second kappa shape index (κ2) is 19.4. The molecule has 0 saturated carbocycles. The highest BCUT2D eigenvalue weighted by Gasteiger charge is 2.03. The van der Waals surface area contributed by atoms with Crippen molar-refractivity contribution in [3.8, 4) is 0 Å². The summed E-state index contributed by atoms with van der Waals surface area (Å²) in [5.41, 5.74) is 9.52. The fourth-order valence-electron chi connectivity index (χ4n) is 4.47. The van der Waals surface area contributed by atoms with Crippen molar-refractivity contribution in [3.63, 3.8) is 0 Å². The van der Waals surface area contributed by atoms with Gasteiger partial charge >= 0.3 is 0 Å². The fourth-order valence-corrected chi connectivity index (χ4v) is 4.47. The Kier molecular flexibility index (Phi) is 15.8. The molecule has 0 atom stereocenters. The maximum atomic E-state index is 12.0.